The van der Waals surface area contributed by atoms with E-state index in [9.17, 15) is 0 Å². The number of benzene rings is 11. The summed E-state index contributed by atoms with van der Waals surface area (Å²) in [5, 5.41) is 15.9. The maximum absolute atomic E-state index is 6.96. The molecular weight excluding hydrogens is 821 g/mol. The van der Waals surface area contributed by atoms with Crippen molar-refractivity contribution >= 4 is 109 Å². The molecule has 0 aliphatic carbocycles. The van der Waals surface area contributed by atoms with Crippen LogP contribution in [0.15, 0.2) is 215 Å². The van der Waals surface area contributed by atoms with Crippen LogP contribution in [0.3, 0.4) is 0 Å². The number of rotatable bonds is 4. The van der Waals surface area contributed by atoms with Gasteiger partial charge in [0.1, 0.15) is 22.3 Å². The molecule has 4 heterocycles. The van der Waals surface area contributed by atoms with Gasteiger partial charge in [0, 0.05) is 49.0 Å². The second-order valence-electron chi connectivity index (χ2n) is 17.5. The third-order valence-corrected chi connectivity index (χ3v) is 13.8. The fourth-order valence-corrected chi connectivity index (χ4v) is 10.6. The summed E-state index contributed by atoms with van der Waals surface area (Å²) < 4.78 is 16.0. The molecule has 0 atom stereocenters. The number of hydrogen-bond acceptors (Lipinski definition) is 5. The summed E-state index contributed by atoms with van der Waals surface area (Å²) in [7, 11) is 0. The van der Waals surface area contributed by atoms with Gasteiger partial charge in [-0.1, -0.05) is 152 Å². The summed E-state index contributed by atoms with van der Waals surface area (Å²) in [6.45, 7) is 0. The Hall–Kier alpha value is -9.13. The molecule has 0 N–H and O–H groups in total. The van der Waals surface area contributed by atoms with Crippen molar-refractivity contribution in [2.45, 2.75) is 0 Å². The molecule has 0 amide bonds. The second kappa shape index (κ2) is 13.7. The van der Waals surface area contributed by atoms with E-state index in [1.807, 2.05) is 30.3 Å². The molecular formula is C61H34N4O2. The summed E-state index contributed by atoms with van der Waals surface area (Å²) in [6, 6.07) is 72.9. The van der Waals surface area contributed by atoms with Crippen LogP contribution in [0.2, 0.25) is 0 Å². The Balaban J connectivity index is 0.972. The number of furan rings is 2. The largest absolute Gasteiger partial charge is 0.455 e. The van der Waals surface area contributed by atoms with Crippen LogP contribution in [-0.4, -0.2) is 19.5 Å². The highest BCUT2D eigenvalue weighted by molar-refractivity contribution is 6.23. The Labute approximate surface area is 381 Å². The molecule has 6 nitrogen and oxygen atoms in total. The van der Waals surface area contributed by atoms with Crippen molar-refractivity contribution in [1.29, 1.82) is 0 Å². The van der Waals surface area contributed by atoms with Crippen LogP contribution in [-0.2, 0) is 0 Å². The normalized spacial score (nSPS) is 12.2. The molecule has 0 spiro atoms. The predicted octanol–water partition coefficient (Wildman–Crippen LogP) is 16.4. The molecule has 4 aromatic heterocycles. The van der Waals surface area contributed by atoms with Crippen LogP contribution in [0.5, 0.6) is 0 Å². The van der Waals surface area contributed by atoms with Gasteiger partial charge >= 0.3 is 0 Å². The van der Waals surface area contributed by atoms with E-state index >= 15 is 0 Å². The molecule has 11 aromatic carbocycles. The van der Waals surface area contributed by atoms with Crippen molar-refractivity contribution < 1.29 is 8.83 Å². The van der Waals surface area contributed by atoms with Gasteiger partial charge in [-0.05, 0) is 92.3 Å². The average Bonchev–Trinajstić information content (AvgIpc) is 4.07. The van der Waals surface area contributed by atoms with E-state index in [1.165, 1.54) is 43.4 Å². The lowest BCUT2D eigenvalue weighted by molar-refractivity contribution is 0.669. The highest BCUT2D eigenvalue weighted by atomic mass is 16.3. The van der Waals surface area contributed by atoms with Crippen LogP contribution in [0, 0.1) is 0 Å². The molecule has 0 saturated heterocycles. The molecule has 15 aromatic rings. The molecule has 0 aliphatic heterocycles. The van der Waals surface area contributed by atoms with Crippen molar-refractivity contribution in [3.8, 4) is 39.9 Å². The first-order chi connectivity index (χ1) is 33.2. The van der Waals surface area contributed by atoms with Gasteiger partial charge in [0.25, 0.3) is 0 Å². The van der Waals surface area contributed by atoms with Crippen LogP contribution < -0.4 is 0 Å². The first-order valence-electron chi connectivity index (χ1n) is 22.6. The zero-order valence-electron chi connectivity index (χ0n) is 35.7. The first kappa shape index (κ1) is 36.2. The van der Waals surface area contributed by atoms with E-state index in [1.54, 1.807) is 0 Å². The molecule has 67 heavy (non-hydrogen) atoms. The standard InChI is InChI=1S/C61H34N4O2/c1-2-13-38-31-41(24-23-35(38)11-1)59-62-60(48-20-9-18-46-44-17-7-8-22-53(44)66-57(46)48)64-61(63-59)49-21-10-19-47-55-50-34-42(28-25-37(50)27-30-54(55)67-58(47)49)65-52-33-40-15-4-3-14-39(40)32-51(52)45-29-26-36-12-5-6-16-43(36)56(45)65/h1-34H. The number of hydrogen-bond donors (Lipinski definition) is 0. The van der Waals surface area contributed by atoms with Gasteiger partial charge in [0.2, 0.25) is 0 Å². The summed E-state index contributed by atoms with van der Waals surface area (Å²) in [4.78, 5) is 15.7. The maximum Gasteiger partial charge on any atom is 0.167 e. The molecule has 0 saturated carbocycles. The third-order valence-electron chi connectivity index (χ3n) is 13.8. The first-order valence-corrected chi connectivity index (χ1v) is 22.6. The molecule has 15 rings (SSSR count). The fourth-order valence-electron chi connectivity index (χ4n) is 10.6. The number of fused-ring (bicyclic) bond motifs is 15. The molecule has 0 bridgehead atoms. The third kappa shape index (κ3) is 5.35. The Morgan fingerprint density at radius 2 is 0.910 bits per heavy atom. The van der Waals surface area contributed by atoms with Crippen molar-refractivity contribution in [3.05, 3.63) is 206 Å². The molecule has 310 valence electrons. The van der Waals surface area contributed by atoms with Crippen LogP contribution in [0.1, 0.15) is 0 Å². The lowest BCUT2D eigenvalue weighted by atomic mass is 10.0. The Bertz CT molecular complexity index is 4590. The van der Waals surface area contributed by atoms with Crippen LogP contribution in [0.4, 0.5) is 0 Å². The topological polar surface area (TPSA) is 69.9 Å². The molecule has 0 fully saturated rings. The maximum atomic E-state index is 6.96. The van der Waals surface area contributed by atoms with Crippen molar-refractivity contribution in [2.24, 2.45) is 0 Å². The predicted molar refractivity (Wildman–Crippen MR) is 275 cm³/mol. The zero-order chi connectivity index (χ0) is 43.7. The minimum atomic E-state index is 0.514. The summed E-state index contributed by atoms with van der Waals surface area (Å²) in [5.74, 6) is 1.60. The number of nitrogens with zero attached hydrogens (tertiary/aromatic N) is 4. The molecule has 0 aliphatic rings. The van der Waals surface area contributed by atoms with E-state index in [0.29, 0.717) is 23.1 Å². The number of para-hydroxylation sites is 3. The highest BCUT2D eigenvalue weighted by Gasteiger charge is 2.22. The molecule has 6 heteroatoms. The van der Waals surface area contributed by atoms with Crippen molar-refractivity contribution in [2.75, 3.05) is 0 Å². The van der Waals surface area contributed by atoms with Crippen molar-refractivity contribution in [3.63, 3.8) is 0 Å². The van der Waals surface area contributed by atoms with Gasteiger partial charge in [0.05, 0.1) is 22.2 Å². The lowest BCUT2D eigenvalue weighted by Gasteiger charge is -2.12. The Morgan fingerprint density at radius 3 is 1.73 bits per heavy atom. The van der Waals surface area contributed by atoms with E-state index in [-0.39, 0.29) is 0 Å². The van der Waals surface area contributed by atoms with E-state index in [0.717, 1.165) is 82.2 Å². The van der Waals surface area contributed by atoms with E-state index in [2.05, 4.69) is 180 Å². The minimum Gasteiger partial charge on any atom is -0.455 e. The van der Waals surface area contributed by atoms with Gasteiger partial charge in [0.15, 0.2) is 17.5 Å². The highest BCUT2D eigenvalue weighted by Crippen LogP contribution is 2.43. The number of aromatic nitrogens is 4. The summed E-state index contributed by atoms with van der Waals surface area (Å²) >= 11 is 0. The second-order valence-corrected chi connectivity index (χ2v) is 17.5. The van der Waals surface area contributed by atoms with Crippen LogP contribution >= 0.6 is 0 Å². The van der Waals surface area contributed by atoms with Gasteiger partial charge in [-0.3, -0.25) is 0 Å². The smallest absolute Gasteiger partial charge is 0.167 e. The molecule has 0 unspecified atom stereocenters. The van der Waals surface area contributed by atoms with Gasteiger partial charge in [-0.25, -0.2) is 15.0 Å². The van der Waals surface area contributed by atoms with Crippen molar-refractivity contribution in [1.82, 2.24) is 19.5 Å². The molecule has 0 radical (unpaired) electrons. The zero-order valence-corrected chi connectivity index (χ0v) is 35.7. The fraction of sp³-hybridized carbons (Fsp3) is 0. The monoisotopic (exact) mass is 854 g/mol. The summed E-state index contributed by atoms with van der Waals surface area (Å²) in [5.41, 5.74) is 8.97. The minimum absolute atomic E-state index is 0.514. The summed E-state index contributed by atoms with van der Waals surface area (Å²) in [6.07, 6.45) is 0. The Kier molecular flexibility index (Phi) is 7.40. The van der Waals surface area contributed by atoms with E-state index < -0.39 is 0 Å². The van der Waals surface area contributed by atoms with E-state index in [4.69, 9.17) is 23.8 Å². The SMILES string of the molecule is c1ccc2cc(-c3nc(-c4cccc5c4oc4ccccc45)nc(-c4cccc5c4oc4ccc6ccc(-n7c8cc9ccccc9cc8c8ccc9ccccc9c87)cc6c45)n3)ccc2c1. The van der Waals surface area contributed by atoms with Crippen LogP contribution in [0.25, 0.3) is 149 Å². The van der Waals surface area contributed by atoms with Gasteiger partial charge < -0.3 is 13.4 Å². The van der Waals surface area contributed by atoms with Gasteiger partial charge in [-0.15, -0.1) is 0 Å². The average molecular weight is 855 g/mol. The quantitative estimate of drug-likeness (QED) is 0.176. The van der Waals surface area contributed by atoms with Gasteiger partial charge in [-0.2, -0.15) is 0 Å². The lowest BCUT2D eigenvalue weighted by Crippen LogP contribution is -2.00. The Morgan fingerprint density at radius 1 is 0.328 bits per heavy atom.